The molecule has 0 spiro atoms. The molecule has 0 saturated heterocycles. The lowest BCUT2D eigenvalue weighted by atomic mass is 10.2. The molecule has 1 unspecified atom stereocenters. The van der Waals surface area contributed by atoms with Gasteiger partial charge in [-0.25, -0.2) is 0 Å². The molecule has 0 rings (SSSR count). The van der Waals surface area contributed by atoms with Gasteiger partial charge in [-0.1, -0.05) is 6.92 Å². The molecule has 1 atom stereocenters. The smallest absolute Gasteiger partial charge is 0.290 e. The standard InChI is InChI=1S/C4H12N2.CH2O2/c1-2-4(6)3-5;2-1-3/h4H,2-3,5-6H2,1H3;1H,(H,2,3). The highest BCUT2D eigenvalue weighted by Gasteiger charge is 1.88. The van der Waals surface area contributed by atoms with Crippen LogP contribution in [0.5, 0.6) is 0 Å². The van der Waals surface area contributed by atoms with Crippen molar-refractivity contribution in [3.05, 3.63) is 0 Å². The second kappa shape index (κ2) is 10.4. The van der Waals surface area contributed by atoms with Gasteiger partial charge in [0.25, 0.3) is 6.47 Å². The van der Waals surface area contributed by atoms with Gasteiger partial charge in [0, 0.05) is 12.6 Å². The van der Waals surface area contributed by atoms with E-state index in [4.69, 9.17) is 21.4 Å². The third-order valence-corrected chi connectivity index (χ3v) is 0.827. The molecule has 0 fully saturated rings. The fraction of sp³-hybridized carbons (Fsp3) is 0.800. The van der Waals surface area contributed by atoms with Crippen molar-refractivity contribution in [2.45, 2.75) is 19.4 Å². The van der Waals surface area contributed by atoms with E-state index in [9.17, 15) is 0 Å². The molecule has 0 bridgehead atoms. The van der Waals surface area contributed by atoms with Crippen molar-refractivity contribution in [2.24, 2.45) is 11.5 Å². The molecule has 0 aliphatic carbocycles. The summed E-state index contributed by atoms with van der Waals surface area (Å²) in [5, 5.41) is 6.89. The maximum absolute atomic E-state index is 8.36. The average Bonchev–Trinajstić information content (AvgIpc) is 1.88. The summed E-state index contributed by atoms with van der Waals surface area (Å²) < 4.78 is 0. The van der Waals surface area contributed by atoms with Gasteiger partial charge in [0.15, 0.2) is 0 Å². The summed E-state index contributed by atoms with van der Waals surface area (Å²) in [4.78, 5) is 8.36. The monoisotopic (exact) mass is 134 g/mol. The highest BCUT2D eigenvalue weighted by Crippen LogP contribution is 1.77. The number of carboxylic acid groups (broad SMARTS) is 1. The van der Waals surface area contributed by atoms with Crippen LogP contribution in [0.3, 0.4) is 0 Å². The summed E-state index contributed by atoms with van der Waals surface area (Å²) in [6.07, 6.45) is 0.983. The highest BCUT2D eigenvalue weighted by molar-refractivity contribution is 5.32. The van der Waals surface area contributed by atoms with Crippen molar-refractivity contribution >= 4 is 6.47 Å². The summed E-state index contributed by atoms with van der Waals surface area (Å²) in [7, 11) is 0. The Bertz CT molecular complexity index is 54.9. The first-order chi connectivity index (χ1) is 4.22. The van der Waals surface area contributed by atoms with E-state index in [2.05, 4.69) is 0 Å². The van der Waals surface area contributed by atoms with Gasteiger partial charge >= 0.3 is 0 Å². The molecular formula is C5H14N2O2. The molecule has 5 N–H and O–H groups in total. The van der Waals surface area contributed by atoms with Crippen molar-refractivity contribution in [1.82, 2.24) is 0 Å². The van der Waals surface area contributed by atoms with Gasteiger partial charge in [-0.05, 0) is 6.42 Å². The first-order valence-corrected chi connectivity index (χ1v) is 2.76. The number of carbonyl (C=O) groups is 1. The van der Waals surface area contributed by atoms with Gasteiger partial charge in [0.1, 0.15) is 0 Å². The Hall–Kier alpha value is -0.610. The van der Waals surface area contributed by atoms with Crippen LogP contribution >= 0.6 is 0 Å². The van der Waals surface area contributed by atoms with Crippen LogP contribution in [0.25, 0.3) is 0 Å². The Morgan fingerprint density at radius 3 is 2.11 bits per heavy atom. The molecule has 56 valence electrons. The minimum absolute atomic E-state index is 0.213. The van der Waals surface area contributed by atoms with Crippen molar-refractivity contribution in [1.29, 1.82) is 0 Å². The molecule has 4 heteroatoms. The molecule has 0 aliphatic rings. The van der Waals surface area contributed by atoms with E-state index >= 15 is 0 Å². The molecule has 0 heterocycles. The van der Waals surface area contributed by atoms with Crippen LogP contribution in [-0.4, -0.2) is 24.2 Å². The fourth-order valence-corrected chi connectivity index (χ4v) is 0.167. The average molecular weight is 134 g/mol. The molecule has 0 aromatic heterocycles. The van der Waals surface area contributed by atoms with Crippen LogP contribution in [0, 0.1) is 0 Å². The van der Waals surface area contributed by atoms with E-state index in [1.807, 2.05) is 6.92 Å². The van der Waals surface area contributed by atoms with E-state index < -0.39 is 0 Å². The summed E-state index contributed by atoms with van der Waals surface area (Å²) in [5.41, 5.74) is 10.5. The molecule has 0 amide bonds. The van der Waals surface area contributed by atoms with Crippen molar-refractivity contribution in [3.63, 3.8) is 0 Å². The Balaban J connectivity index is 0. The lowest BCUT2D eigenvalue weighted by molar-refractivity contribution is -0.122. The van der Waals surface area contributed by atoms with Crippen molar-refractivity contribution < 1.29 is 9.90 Å². The minimum atomic E-state index is -0.250. The second-order valence-electron chi connectivity index (χ2n) is 1.51. The largest absolute Gasteiger partial charge is 0.483 e. The maximum Gasteiger partial charge on any atom is 0.290 e. The number of hydrogen-bond acceptors (Lipinski definition) is 3. The lowest BCUT2D eigenvalue weighted by Crippen LogP contribution is -2.28. The van der Waals surface area contributed by atoms with Crippen LogP contribution in [0.1, 0.15) is 13.3 Å². The summed E-state index contributed by atoms with van der Waals surface area (Å²) >= 11 is 0. The molecule has 9 heavy (non-hydrogen) atoms. The van der Waals surface area contributed by atoms with E-state index in [1.165, 1.54) is 0 Å². The van der Waals surface area contributed by atoms with Crippen LogP contribution in [0.4, 0.5) is 0 Å². The quantitative estimate of drug-likeness (QED) is 0.439. The predicted molar refractivity (Wildman–Crippen MR) is 36.0 cm³/mol. The van der Waals surface area contributed by atoms with E-state index in [0.29, 0.717) is 6.54 Å². The molecule has 0 aromatic carbocycles. The Labute approximate surface area is 54.8 Å². The second-order valence-corrected chi connectivity index (χ2v) is 1.51. The maximum atomic E-state index is 8.36. The third-order valence-electron chi connectivity index (χ3n) is 0.827. The molecule has 0 saturated carbocycles. The first-order valence-electron chi connectivity index (χ1n) is 2.76. The van der Waals surface area contributed by atoms with Crippen LogP contribution in [0.15, 0.2) is 0 Å². The zero-order valence-electron chi connectivity index (χ0n) is 5.58. The third kappa shape index (κ3) is 18.7. The Kier molecular flexibility index (Phi) is 13.0. The van der Waals surface area contributed by atoms with Crippen molar-refractivity contribution in [3.8, 4) is 0 Å². The molecule has 0 aliphatic heterocycles. The number of rotatable bonds is 2. The van der Waals surface area contributed by atoms with E-state index in [-0.39, 0.29) is 12.5 Å². The normalized spacial score (nSPS) is 11.0. The molecule has 0 aromatic rings. The van der Waals surface area contributed by atoms with Gasteiger partial charge in [0.2, 0.25) is 0 Å². The topological polar surface area (TPSA) is 89.3 Å². The first kappa shape index (κ1) is 11.2. The van der Waals surface area contributed by atoms with Gasteiger partial charge in [-0.3, -0.25) is 4.79 Å². The van der Waals surface area contributed by atoms with Crippen LogP contribution in [-0.2, 0) is 4.79 Å². The fourth-order valence-electron chi connectivity index (χ4n) is 0.167. The predicted octanol–water partition coefficient (Wildman–Crippen LogP) is -0.617. The molecule has 4 nitrogen and oxygen atoms in total. The zero-order valence-corrected chi connectivity index (χ0v) is 5.58. The van der Waals surface area contributed by atoms with Gasteiger partial charge < -0.3 is 16.6 Å². The van der Waals surface area contributed by atoms with Gasteiger partial charge in [-0.2, -0.15) is 0 Å². The van der Waals surface area contributed by atoms with Crippen LogP contribution in [0.2, 0.25) is 0 Å². The Morgan fingerprint density at radius 1 is 1.78 bits per heavy atom. The molecule has 0 radical (unpaired) electrons. The molecular weight excluding hydrogens is 120 g/mol. The van der Waals surface area contributed by atoms with Crippen LogP contribution < -0.4 is 11.5 Å². The summed E-state index contributed by atoms with van der Waals surface area (Å²) in [6, 6.07) is 0.213. The van der Waals surface area contributed by atoms with E-state index in [1.54, 1.807) is 0 Å². The van der Waals surface area contributed by atoms with E-state index in [0.717, 1.165) is 6.42 Å². The summed E-state index contributed by atoms with van der Waals surface area (Å²) in [6.45, 7) is 2.38. The van der Waals surface area contributed by atoms with Gasteiger partial charge in [0.05, 0.1) is 0 Å². The highest BCUT2D eigenvalue weighted by atomic mass is 16.3. The summed E-state index contributed by atoms with van der Waals surface area (Å²) in [5.74, 6) is 0. The SMILES string of the molecule is CCC(N)CN.O=CO. The lowest BCUT2D eigenvalue weighted by Gasteiger charge is -1.99. The number of hydrogen-bond donors (Lipinski definition) is 3. The minimum Gasteiger partial charge on any atom is -0.483 e. The zero-order chi connectivity index (χ0) is 7.70. The van der Waals surface area contributed by atoms with Crippen molar-refractivity contribution in [2.75, 3.05) is 6.54 Å². The number of nitrogens with two attached hydrogens (primary N) is 2. The Morgan fingerprint density at radius 2 is 2.11 bits per heavy atom. The van der Waals surface area contributed by atoms with Gasteiger partial charge in [-0.15, -0.1) is 0 Å².